The number of benzene rings is 2. The molecule has 2 rings (SSSR count). The molecule has 6 nitrogen and oxygen atoms in total. The average molecular weight is 398 g/mol. The van der Waals surface area contributed by atoms with Crippen molar-refractivity contribution in [3.05, 3.63) is 58.4 Å². The molecule has 2 aromatic rings. The number of amides is 1. The molecule has 0 atom stereocenters. The lowest BCUT2D eigenvalue weighted by Crippen LogP contribution is -2.26. The van der Waals surface area contributed by atoms with Crippen LogP contribution in [-0.2, 0) is 4.84 Å². The highest BCUT2D eigenvalue weighted by Gasteiger charge is 2.23. The first-order valence-electron chi connectivity index (χ1n) is 8.42. The van der Waals surface area contributed by atoms with Crippen LogP contribution in [0.25, 0.3) is 0 Å². The standard InChI is InChI=1S/C17H15F3N2O4.C2H6/c1-9-2-3-13(12(18)6-9)21-16-11(17(25)22-26-5-4-23)7-10(8-24)14(19)15(16)20;1-2/h2-3,6-8,21,23H,4-5H2,1H3,(H,22,25);1-2H3. The Bertz CT molecular complexity index is 844. The predicted octanol–water partition coefficient (Wildman–Crippen LogP) is 3.65. The van der Waals surface area contributed by atoms with Crippen molar-refractivity contribution >= 4 is 23.6 Å². The fraction of sp³-hybridized carbons (Fsp3) is 0.263. The van der Waals surface area contributed by atoms with Crippen molar-refractivity contribution in [1.82, 2.24) is 5.48 Å². The van der Waals surface area contributed by atoms with Gasteiger partial charge in [0.1, 0.15) is 5.82 Å². The maximum Gasteiger partial charge on any atom is 0.277 e. The van der Waals surface area contributed by atoms with E-state index in [1.165, 1.54) is 18.2 Å². The van der Waals surface area contributed by atoms with E-state index in [4.69, 9.17) is 5.11 Å². The van der Waals surface area contributed by atoms with Gasteiger partial charge in [-0.1, -0.05) is 19.9 Å². The van der Waals surface area contributed by atoms with Crippen molar-refractivity contribution in [2.45, 2.75) is 20.8 Å². The van der Waals surface area contributed by atoms with E-state index in [0.717, 1.165) is 6.07 Å². The number of hydrogen-bond acceptors (Lipinski definition) is 5. The van der Waals surface area contributed by atoms with Gasteiger partial charge in [0.15, 0.2) is 17.9 Å². The minimum Gasteiger partial charge on any atom is -0.394 e. The SMILES string of the molecule is CC.Cc1ccc(Nc2c(C(=O)NOCCO)cc(C=O)c(F)c2F)c(F)c1. The van der Waals surface area contributed by atoms with Crippen LogP contribution < -0.4 is 10.8 Å². The topological polar surface area (TPSA) is 87.7 Å². The van der Waals surface area contributed by atoms with Crippen LogP contribution in [0, 0.1) is 24.4 Å². The molecule has 2 aromatic carbocycles. The number of hydrogen-bond donors (Lipinski definition) is 3. The van der Waals surface area contributed by atoms with Crippen molar-refractivity contribution in [3.8, 4) is 0 Å². The molecule has 0 spiro atoms. The number of aliphatic hydroxyl groups is 1. The minimum atomic E-state index is -1.53. The lowest BCUT2D eigenvalue weighted by atomic mass is 10.1. The molecule has 9 heteroatoms. The molecule has 0 unspecified atom stereocenters. The molecular formula is C19H21F3N2O4. The summed E-state index contributed by atoms with van der Waals surface area (Å²) in [6, 6.07) is 4.79. The monoisotopic (exact) mass is 398 g/mol. The number of aldehydes is 1. The van der Waals surface area contributed by atoms with Crippen molar-refractivity contribution in [2.24, 2.45) is 0 Å². The zero-order valence-electron chi connectivity index (χ0n) is 15.6. The quantitative estimate of drug-likeness (QED) is 0.377. The van der Waals surface area contributed by atoms with Crippen molar-refractivity contribution < 1.29 is 32.7 Å². The molecule has 0 aliphatic rings. The second kappa shape index (κ2) is 11.1. The number of rotatable bonds is 7. The van der Waals surface area contributed by atoms with Crippen LogP contribution in [0.5, 0.6) is 0 Å². The van der Waals surface area contributed by atoms with Gasteiger partial charge in [-0.2, -0.15) is 0 Å². The van der Waals surface area contributed by atoms with Crippen LogP contribution in [0.1, 0.15) is 40.1 Å². The van der Waals surface area contributed by atoms with E-state index in [1.807, 2.05) is 19.3 Å². The number of carbonyl (C=O) groups is 2. The Hall–Kier alpha value is -2.91. The number of anilines is 2. The van der Waals surface area contributed by atoms with Gasteiger partial charge in [-0.25, -0.2) is 18.7 Å². The van der Waals surface area contributed by atoms with Gasteiger partial charge in [-0.3, -0.25) is 14.4 Å². The molecule has 1 amide bonds. The van der Waals surface area contributed by atoms with Gasteiger partial charge >= 0.3 is 0 Å². The molecule has 0 saturated carbocycles. The summed E-state index contributed by atoms with van der Waals surface area (Å²) in [6.45, 7) is 5.01. The van der Waals surface area contributed by atoms with Crippen molar-refractivity contribution in [1.29, 1.82) is 0 Å². The Morgan fingerprint density at radius 2 is 1.86 bits per heavy atom. The predicted molar refractivity (Wildman–Crippen MR) is 98.0 cm³/mol. The molecular weight excluding hydrogens is 377 g/mol. The van der Waals surface area contributed by atoms with Crippen LogP contribution in [-0.4, -0.2) is 30.5 Å². The zero-order chi connectivity index (χ0) is 21.3. The second-order valence-electron chi connectivity index (χ2n) is 5.25. The molecule has 0 aromatic heterocycles. The molecule has 0 aliphatic heterocycles. The highest BCUT2D eigenvalue weighted by molar-refractivity contribution is 6.01. The van der Waals surface area contributed by atoms with Gasteiger partial charge in [0, 0.05) is 0 Å². The van der Waals surface area contributed by atoms with Crippen molar-refractivity contribution in [2.75, 3.05) is 18.5 Å². The molecule has 0 aliphatic carbocycles. The first-order valence-corrected chi connectivity index (χ1v) is 8.42. The van der Waals surface area contributed by atoms with Crippen LogP contribution in [0.4, 0.5) is 24.5 Å². The van der Waals surface area contributed by atoms with E-state index in [-0.39, 0.29) is 18.6 Å². The van der Waals surface area contributed by atoms with E-state index in [9.17, 15) is 22.8 Å². The summed E-state index contributed by atoms with van der Waals surface area (Å²) < 4.78 is 42.3. The molecule has 0 heterocycles. The first kappa shape index (κ1) is 23.1. The average Bonchev–Trinajstić information content (AvgIpc) is 2.69. The maximum absolute atomic E-state index is 14.4. The lowest BCUT2D eigenvalue weighted by molar-refractivity contribution is 0.0168. The Kier molecular flexibility index (Phi) is 9.13. The van der Waals surface area contributed by atoms with Gasteiger partial charge in [-0.05, 0) is 30.7 Å². The smallest absolute Gasteiger partial charge is 0.277 e. The summed E-state index contributed by atoms with van der Waals surface area (Å²) in [5.41, 5.74) is 0.479. The highest BCUT2D eigenvalue weighted by atomic mass is 19.2. The molecule has 0 fully saturated rings. The molecule has 0 bridgehead atoms. The van der Waals surface area contributed by atoms with E-state index in [2.05, 4.69) is 10.2 Å². The number of hydroxylamine groups is 1. The van der Waals surface area contributed by atoms with E-state index in [0.29, 0.717) is 5.56 Å². The van der Waals surface area contributed by atoms with Gasteiger partial charge in [0.2, 0.25) is 0 Å². The number of aryl methyl sites for hydroxylation is 1. The summed E-state index contributed by atoms with van der Waals surface area (Å²) in [7, 11) is 0. The van der Waals surface area contributed by atoms with Gasteiger partial charge < -0.3 is 10.4 Å². The van der Waals surface area contributed by atoms with Gasteiger partial charge in [-0.15, -0.1) is 0 Å². The zero-order valence-corrected chi connectivity index (χ0v) is 15.6. The highest BCUT2D eigenvalue weighted by Crippen LogP contribution is 2.29. The second-order valence-corrected chi connectivity index (χ2v) is 5.25. The summed E-state index contributed by atoms with van der Waals surface area (Å²) >= 11 is 0. The fourth-order valence-corrected chi connectivity index (χ4v) is 2.11. The third kappa shape index (κ3) is 5.54. The third-order valence-electron chi connectivity index (χ3n) is 3.35. The van der Waals surface area contributed by atoms with E-state index in [1.54, 1.807) is 6.92 Å². The molecule has 3 N–H and O–H groups in total. The fourth-order valence-electron chi connectivity index (χ4n) is 2.11. The normalized spacial score (nSPS) is 9.96. The third-order valence-corrected chi connectivity index (χ3v) is 3.35. The van der Waals surface area contributed by atoms with Gasteiger partial charge in [0.05, 0.1) is 35.7 Å². The van der Waals surface area contributed by atoms with Crippen LogP contribution in [0.15, 0.2) is 24.3 Å². The van der Waals surface area contributed by atoms with Crippen LogP contribution in [0.2, 0.25) is 0 Å². The number of halogens is 3. The van der Waals surface area contributed by atoms with Crippen LogP contribution in [0.3, 0.4) is 0 Å². The number of nitrogens with one attached hydrogen (secondary N) is 2. The van der Waals surface area contributed by atoms with Crippen LogP contribution >= 0.6 is 0 Å². The minimum absolute atomic E-state index is 0.0417. The number of aliphatic hydroxyl groups excluding tert-OH is 1. The molecule has 0 saturated heterocycles. The number of carbonyl (C=O) groups excluding carboxylic acids is 2. The molecule has 0 radical (unpaired) electrons. The van der Waals surface area contributed by atoms with Gasteiger partial charge in [0.25, 0.3) is 5.91 Å². The Morgan fingerprint density at radius 3 is 2.43 bits per heavy atom. The molecule has 28 heavy (non-hydrogen) atoms. The largest absolute Gasteiger partial charge is 0.394 e. The summed E-state index contributed by atoms with van der Waals surface area (Å²) in [6.07, 6.45) is 0.0417. The van der Waals surface area contributed by atoms with E-state index >= 15 is 0 Å². The Labute approximate surface area is 160 Å². The van der Waals surface area contributed by atoms with E-state index < -0.39 is 46.8 Å². The lowest BCUT2D eigenvalue weighted by Gasteiger charge is -2.15. The summed E-state index contributed by atoms with van der Waals surface area (Å²) in [5.74, 6) is -4.77. The first-order chi connectivity index (χ1) is 13.4. The maximum atomic E-state index is 14.4. The summed E-state index contributed by atoms with van der Waals surface area (Å²) in [4.78, 5) is 27.7. The molecule has 152 valence electrons. The van der Waals surface area contributed by atoms with Crippen molar-refractivity contribution in [3.63, 3.8) is 0 Å². The Balaban J connectivity index is 0.00000190. The Morgan fingerprint density at radius 1 is 1.18 bits per heavy atom. The summed E-state index contributed by atoms with van der Waals surface area (Å²) in [5, 5.41) is 11.0.